The Kier molecular flexibility index (Phi) is 7.81. The van der Waals surface area contributed by atoms with Crippen LogP contribution in [0.3, 0.4) is 0 Å². The summed E-state index contributed by atoms with van der Waals surface area (Å²) in [5, 5.41) is 10.4. The van der Waals surface area contributed by atoms with E-state index in [1.54, 1.807) is 27.7 Å². The molecule has 2 aliphatic heterocycles. The molecule has 0 saturated carbocycles. The summed E-state index contributed by atoms with van der Waals surface area (Å²) in [4.78, 5) is 29.8. The number of hydrogen-bond donors (Lipinski definition) is 0. The van der Waals surface area contributed by atoms with E-state index in [9.17, 15) is 23.3 Å². The van der Waals surface area contributed by atoms with E-state index < -0.39 is 37.4 Å². The number of ether oxygens (including phenoxy) is 4. The Balaban J connectivity index is 2.19. The zero-order valence-corrected chi connectivity index (χ0v) is 22.0. The number of carbonyl (C=O) groups is 1. The second-order valence-corrected chi connectivity index (χ2v) is 11.7. The molecule has 2 heterocycles. The molecule has 2 atom stereocenters. The van der Waals surface area contributed by atoms with E-state index in [0.29, 0.717) is 0 Å². The van der Waals surface area contributed by atoms with Crippen LogP contribution in [-0.2, 0) is 29.8 Å². The van der Waals surface area contributed by atoms with Crippen LogP contribution in [0, 0.1) is 10.1 Å². The molecule has 3 rings (SSSR count). The number of carbonyl (C=O) groups excluding carboxylic acids is 1. The largest absolute Gasteiger partial charge is 0.493 e. The number of fused-ring (bicyclic) bond motifs is 3. The molecule has 0 radical (unpaired) electrons. The molecular formula is C22H32N4O9S. The average molecular weight is 529 g/mol. The fourth-order valence-electron chi connectivity index (χ4n) is 4.07. The minimum atomic E-state index is -4.10. The van der Waals surface area contributed by atoms with Crippen LogP contribution in [0.4, 0.5) is 10.5 Å². The lowest BCUT2D eigenvalue weighted by Crippen LogP contribution is -2.59. The number of aliphatic imine (C=N–C) groups is 1. The molecule has 0 fully saturated rings. The van der Waals surface area contributed by atoms with Gasteiger partial charge in [0.15, 0.2) is 0 Å². The van der Waals surface area contributed by atoms with Crippen LogP contribution in [0.15, 0.2) is 23.2 Å². The Hall–Kier alpha value is -2.97. The monoisotopic (exact) mass is 528 g/mol. The van der Waals surface area contributed by atoms with Gasteiger partial charge in [0.1, 0.15) is 28.9 Å². The topological polar surface area (TPSA) is 150 Å². The molecule has 13 nitrogen and oxygen atoms in total. The van der Waals surface area contributed by atoms with Gasteiger partial charge in [-0.25, -0.2) is 27.4 Å². The molecule has 0 bridgehead atoms. The molecule has 200 valence electrons. The van der Waals surface area contributed by atoms with Gasteiger partial charge in [-0.15, -0.1) is 0 Å². The van der Waals surface area contributed by atoms with Crippen molar-refractivity contribution >= 4 is 27.8 Å². The Morgan fingerprint density at radius 2 is 2.06 bits per heavy atom. The van der Waals surface area contributed by atoms with Gasteiger partial charge in [0.2, 0.25) is 16.0 Å². The Bertz CT molecular complexity index is 1150. The lowest BCUT2D eigenvalue weighted by atomic mass is 9.87. The summed E-state index contributed by atoms with van der Waals surface area (Å²) in [6.45, 7) is 6.67. The van der Waals surface area contributed by atoms with E-state index in [1.165, 1.54) is 32.4 Å². The average Bonchev–Trinajstić information content (AvgIpc) is 2.92. The smallest absolute Gasteiger partial charge is 0.419 e. The second kappa shape index (κ2) is 10.2. The summed E-state index contributed by atoms with van der Waals surface area (Å²) in [7, 11) is -1.32. The van der Waals surface area contributed by atoms with Crippen LogP contribution in [0.1, 0.15) is 39.7 Å². The molecule has 0 unspecified atom stereocenters. The molecule has 0 aliphatic carbocycles. The van der Waals surface area contributed by atoms with Crippen LogP contribution in [0.2, 0.25) is 0 Å². The maximum Gasteiger partial charge on any atom is 0.419 e. The number of methoxy groups -OCH3 is 1. The van der Waals surface area contributed by atoms with Crippen molar-refractivity contribution in [2.45, 2.75) is 50.5 Å². The highest BCUT2D eigenvalue weighted by atomic mass is 32.2. The van der Waals surface area contributed by atoms with E-state index in [4.69, 9.17) is 23.9 Å². The van der Waals surface area contributed by atoms with E-state index in [-0.39, 0.29) is 55.9 Å². The third kappa shape index (κ3) is 5.39. The predicted octanol–water partition coefficient (Wildman–Crippen LogP) is 2.45. The lowest BCUT2D eigenvalue weighted by molar-refractivity contribution is -0.385. The van der Waals surface area contributed by atoms with Crippen LogP contribution in [-0.4, -0.2) is 86.2 Å². The highest BCUT2D eigenvalue weighted by Crippen LogP contribution is 2.46. The minimum absolute atomic E-state index is 0.0684. The fraction of sp³-hybridized carbons (Fsp3) is 0.636. The van der Waals surface area contributed by atoms with Crippen LogP contribution in [0.5, 0.6) is 5.75 Å². The van der Waals surface area contributed by atoms with Crippen molar-refractivity contribution in [2.24, 2.45) is 4.99 Å². The SMILES string of the molecule is COCCOCN(C(=O)OC(C)(C)C)C1=N[C@]2(C)c3cc([N+](=O)[O-])ccc3OCC[C@H]2S(=O)(=O)N1C. The van der Waals surface area contributed by atoms with Gasteiger partial charge in [0.05, 0.1) is 24.7 Å². The molecule has 1 aromatic rings. The number of rotatable bonds is 6. The van der Waals surface area contributed by atoms with Crippen LogP contribution >= 0.6 is 0 Å². The van der Waals surface area contributed by atoms with Crippen molar-refractivity contribution in [3.63, 3.8) is 0 Å². The molecule has 0 aromatic heterocycles. The van der Waals surface area contributed by atoms with Gasteiger partial charge in [-0.3, -0.25) is 10.1 Å². The van der Waals surface area contributed by atoms with Gasteiger partial charge in [-0.2, -0.15) is 0 Å². The Morgan fingerprint density at radius 3 is 2.67 bits per heavy atom. The van der Waals surface area contributed by atoms with Gasteiger partial charge in [0, 0.05) is 38.3 Å². The lowest BCUT2D eigenvalue weighted by Gasteiger charge is -2.43. The third-order valence-corrected chi connectivity index (χ3v) is 8.19. The molecule has 0 saturated heterocycles. The standard InChI is InChI=1S/C22H32N4O9S/c1-21(2,3)35-20(27)25(14-33-12-11-32-6)19-23-22(4)16-13-15(26(28)29)7-8-17(16)34-10-9-18(22)36(30,31)24(19)5/h7-8,13,18H,9-12,14H2,1-6H3/t18-,22-/m1/s1. The first-order valence-electron chi connectivity index (χ1n) is 11.3. The van der Waals surface area contributed by atoms with Crippen molar-refractivity contribution in [3.05, 3.63) is 33.9 Å². The summed E-state index contributed by atoms with van der Waals surface area (Å²) >= 11 is 0. The Morgan fingerprint density at radius 1 is 1.36 bits per heavy atom. The van der Waals surface area contributed by atoms with E-state index in [0.717, 1.165) is 9.21 Å². The maximum absolute atomic E-state index is 13.7. The van der Waals surface area contributed by atoms with Crippen molar-refractivity contribution in [2.75, 3.05) is 40.7 Å². The minimum Gasteiger partial charge on any atom is -0.493 e. The molecule has 0 N–H and O–H groups in total. The van der Waals surface area contributed by atoms with Gasteiger partial charge in [0.25, 0.3) is 5.69 Å². The number of nitro benzene ring substituents is 1. The number of hydrogen-bond acceptors (Lipinski definition) is 10. The molecule has 1 aromatic carbocycles. The van der Waals surface area contributed by atoms with Gasteiger partial charge in [-0.1, -0.05) is 0 Å². The van der Waals surface area contributed by atoms with Crippen LogP contribution < -0.4 is 4.74 Å². The fourth-order valence-corrected chi connectivity index (χ4v) is 5.98. The number of benzene rings is 1. The van der Waals surface area contributed by atoms with Crippen LogP contribution in [0.25, 0.3) is 0 Å². The Labute approximate surface area is 210 Å². The van der Waals surface area contributed by atoms with Gasteiger partial charge in [-0.05, 0) is 33.8 Å². The third-order valence-electron chi connectivity index (χ3n) is 5.85. The first kappa shape index (κ1) is 27.6. The van der Waals surface area contributed by atoms with E-state index in [1.807, 2.05) is 0 Å². The number of guanidine groups is 1. The molecular weight excluding hydrogens is 496 g/mol. The normalized spacial score (nSPS) is 22.9. The second-order valence-electron chi connectivity index (χ2n) is 9.57. The van der Waals surface area contributed by atoms with Crippen molar-refractivity contribution in [1.82, 2.24) is 9.21 Å². The molecule has 36 heavy (non-hydrogen) atoms. The first-order chi connectivity index (χ1) is 16.7. The van der Waals surface area contributed by atoms with Crippen molar-refractivity contribution in [1.29, 1.82) is 0 Å². The van der Waals surface area contributed by atoms with E-state index in [2.05, 4.69) is 0 Å². The molecule has 0 spiro atoms. The predicted molar refractivity (Wildman–Crippen MR) is 129 cm³/mol. The summed E-state index contributed by atoms with van der Waals surface area (Å²) in [6, 6.07) is 3.98. The highest BCUT2D eigenvalue weighted by Gasteiger charge is 2.54. The summed E-state index contributed by atoms with van der Waals surface area (Å²) in [5.74, 6) is 0.0494. The first-order valence-corrected chi connectivity index (χ1v) is 12.8. The maximum atomic E-state index is 13.7. The quantitative estimate of drug-likeness (QED) is 0.235. The molecule has 2 aliphatic rings. The van der Waals surface area contributed by atoms with Crippen molar-refractivity contribution in [3.8, 4) is 5.75 Å². The zero-order chi connectivity index (χ0) is 26.9. The summed E-state index contributed by atoms with van der Waals surface area (Å²) in [6.07, 6.45) is -0.786. The zero-order valence-electron chi connectivity index (χ0n) is 21.2. The highest BCUT2D eigenvalue weighted by molar-refractivity contribution is 7.90. The molecule has 1 amide bonds. The number of amides is 1. The molecule has 14 heteroatoms. The number of nitro groups is 1. The van der Waals surface area contributed by atoms with Gasteiger partial charge < -0.3 is 18.9 Å². The van der Waals surface area contributed by atoms with Crippen molar-refractivity contribution < 1.29 is 37.1 Å². The summed E-state index contributed by atoms with van der Waals surface area (Å²) in [5.41, 5.74) is -2.40. The summed E-state index contributed by atoms with van der Waals surface area (Å²) < 4.78 is 50.2. The van der Waals surface area contributed by atoms with E-state index >= 15 is 0 Å². The number of non-ortho nitro benzene ring substituents is 1. The number of sulfonamides is 1. The van der Waals surface area contributed by atoms with Gasteiger partial charge >= 0.3 is 6.09 Å². The number of nitrogens with zero attached hydrogens (tertiary/aromatic N) is 4.